The molecule has 1 saturated heterocycles. The standard InChI is InChI=1S/C18H23FN4OS/c1-11-16(19)17(21-12(2)20-11)24-10-13-6-8-23(9-7-13)18-22-14-4-3-5-15(14)25-18/h13H,3-10H2,1-2H3. The van der Waals surface area contributed by atoms with Crippen LogP contribution in [0, 0.1) is 25.6 Å². The lowest BCUT2D eigenvalue weighted by atomic mass is 9.98. The number of piperidine rings is 1. The van der Waals surface area contributed by atoms with Crippen molar-refractivity contribution >= 4 is 16.5 Å². The first-order chi connectivity index (χ1) is 12.1. The van der Waals surface area contributed by atoms with Gasteiger partial charge in [0.25, 0.3) is 5.88 Å². The van der Waals surface area contributed by atoms with Crippen LogP contribution in [0.2, 0.25) is 0 Å². The van der Waals surface area contributed by atoms with Crippen LogP contribution in [-0.4, -0.2) is 34.6 Å². The van der Waals surface area contributed by atoms with Crippen LogP contribution in [0.1, 0.15) is 41.4 Å². The smallest absolute Gasteiger partial charge is 0.254 e. The molecule has 0 saturated carbocycles. The fourth-order valence-corrected chi connectivity index (χ4v) is 4.76. The van der Waals surface area contributed by atoms with Crippen molar-refractivity contribution in [1.29, 1.82) is 0 Å². The Morgan fingerprint density at radius 2 is 1.96 bits per heavy atom. The second-order valence-corrected chi connectivity index (χ2v) is 8.00. The highest BCUT2D eigenvalue weighted by molar-refractivity contribution is 7.15. The van der Waals surface area contributed by atoms with Gasteiger partial charge in [0, 0.05) is 18.0 Å². The Hall–Kier alpha value is -1.76. The second kappa shape index (κ2) is 6.86. The molecule has 0 spiro atoms. The molecule has 0 amide bonds. The van der Waals surface area contributed by atoms with Gasteiger partial charge in [0.2, 0.25) is 5.82 Å². The summed E-state index contributed by atoms with van der Waals surface area (Å²) in [5, 5.41) is 1.18. The van der Waals surface area contributed by atoms with Gasteiger partial charge in [-0.25, -0.2) is 9.97 Å². The maximum atomic E-state index is 14.0. The molecule has 2 aromatic heterocycles. The molecule has 3 heterocycles. The van der Waals surface area contributed by atoms with Crippen molar-refractivity contribution in [2.45, 2.75) is 46.0 Å². The first-order valence-electron chi connectivity index (χ1n) is 8.97. The van der Waals surface area contributed by atoms with E-state index in [0.717, 1.165) is 32.4 Å². The van der Waals surface area contributed by atoms with Crippen LogP contribution in [0.15, 0.2) is 0 Å². The van der Waals surface area contributed by atoms with Gasteiger partial charge in [0.05, 0.1) is 18.0 Å². The maximum absolute atomic E-state index is 14.0. The van der Waals surface area contributed by atoms with Crippen molar-refractivity contribution in [3.05, 3.63) is 27.9 Å². The second-order valence-electron chi connectivity index (χ2n) is 6.94. The molecule has 2 aromatic rings. The van der Waals surface area contributed by atoms with Crippen molar-refractivity contribution in [1.82, 2.24) is 15.0 Å². The monoisotopic (exact) mass is 362 g/mol. The van der Waals surface area contributed by atoms with Gasteiger partial charge in [-0.15, -0.1) is 11.3 Å². The zero-order valence-corrected chi connectivity index (χ0v) is 15.5. The summed E-state index contributed by atoms with van der Waals surface area (Å²) in [7, 11) is 0. The Balaban J connectivity index is 1.32. The number of aromatic nitrogens is 3. The Morgan fingerprint density at radius 3 is 2.72 bits per heavy atom. The molecule has 0 N–H and O–H groups in total. The van der Waals surface area contributed by atoms with Crippen molar-refractivity contribution in [3.63, 3.8) is 0 Å². The average Bonchev–Trinajstić information content (AvgIpc) is 3.19. The summed E-state index contributed by atoms with van der Waals surface area (Å²) in [4.78, 5) is 16.8. The SMILES string of the molecule is Cc1nc(C)c(F)c(OCC2CCN(c3nc4c(s3)CCC4)CC2)n1. The summed E-state index contributed by atoms with van der Waals surface area (Å²) >= 11 is 1.86. The quantitative estimate of drug-likeness (QED) is 0.833. The molecule has 134 valence electrons. The van der Waals surface area contributed by atoms with Crippen LogP contribution in [0.25, 0.3) is 0 Å². The molecule has 4 rings (SSSR count). The van der Waals surface area contributed by atoms with E-state index in [4.69, 9.17) is 9.72 Å². The Morgan fingerprint density at radius 1 is 1.16 bits per heavy atom. The van der Waals surface area contributed by atoms with Gasteiger partial charge in [0.1, 0.15) is 5.82 Å². The maximum Gasteiger partial charge on any atom is 0.254 e. The highest BCUT2D eigenvalue weighted by Crippen LogP contribution is 2.34. The van der Waals surface area contributed by atoms with Crippen molar-refractivity contribution in [2.75, 3.05) is 24.6 Å². The molecular formula is C18H23FN4OS. The number of rotatable bonds is 4. The lowest BCUT2D eigenvalue weighted by Gasteiger charge is -2.31. The van der Waals surface area contributed by atoms with Crippen LogP contribution in [-0.2, 0) is 12.8 Å². The van der Waals surface area contributed by atoms with Gasteiger partial charge >= 0.3 is 0 Å². The van der Waals surface area contributed by atoms with Gasteiger partial charge < -0.3 is 9.64 Å². The molecule has 2 aliphatic rings. The molecular weight excluding hydrogens is 339 g/mol. The van der Waals surface area contributed by atoms with Gasteiger partial charge in [-0.3, -0.25) is 0 Å². The predicted molar refractivity (Wildman–Crippen MR) is 96.0 cm³/mol. The highest BCUT2D eigenvalue weighted by Gasteiger charge is 2.25. The van der Waals surface area contributed by atoms with E-state index in [2.05, 4.69) is 14.9 Å². The molecule has 5 nitrogen and oxygen atoms in total. The number of hydrogen-bond donors (Lipinski definition) is 0. The minimum absolute atomic E-state index is 0.0868. The predicted octanol–water partition coefficient (Wildman–Crippen LogP) is 3.47. The number of thiazole rings is 1. The van der Waals surface area contributed by atoms with Gasteiger partial charge in [0.15, 0.2) is 5.13 Å². The van der Waals surface area contributed by atoms with Gasteiger partial charge in [-0.05, 0) is 51.9 Å². The number of nitrogens with zero attached hydrogens (tertiary/aromatic N) is 4. The van der Waals surface area contributed by atoms with Gasteiger partial charge in [-0.2, -0.15) is 9.37 Å². The molecule has 0 atom stereocenters. The number of aryl methyl sites for hydroxylation is 4. The minimum atomic E-state index is -0.444. The number of fused-ring (bicyclic) bond motifs is 1. The third-order valence-corrected chi connectivity index (χ3v) is 6.24. The average molecular weight is 362 g/mol. The third kappa shape index (κ3) is 3.47. The molecule has 25 heavy (non-hydrogen) atoms. The molecule has 1 aliphatic carbocycles. The molecule has 0 bridgehead atoms. The molecule has 7 heteroatoms. The zero-order valence-electron chi connectivity index (χ0n) is 14.7. The topological polar surface area (TPSA) is 51.1 Å². The van der Waals surface area contributed by atoms with E-state index in [-0.39, 0.29) is 5.88 Å². The van der Waals surface area contributed by atoms with Crippen LogP contribution in [0.4, 0.5) is 9.52 Å². The Kier molecular flexibility index (Phi) is 4.58. The van der Waals surface area contributed by atoms with E-state index >= 15 is 0 Å². The highest BCUT2D eigenvalue weighted by atomic mass is 32.1. The number of hydrogen-bond acceptors (Lipinski definition) is 6. The summed E-state index contributed by atoms with van der Waals surface area (Å²) in [5.74, 6) is 0.614. The Bertz CT molecular complexity index is 749. The normalized spacial score (nSPS) is 17.8. The lowest BCUT2D eigenvalue weighted by molar-refractivity contribution is 0.206. The number of halogens is 1. The van der Waals surface area contributed by atoms with Crippen LogP contribution in [0.3, 0.4) is 0 Å². The fourth-order valence-electron chi connectivity index (χ4n) is 3.56. The van der Waals surface area contributed by atoms with Crippen LogP contribution < -0.4 is 9.64 Å². The molecule has 0 radical (unpaired) electrons. The summed E-state index contributed by atoms with van der Waals surface area (Å²) < 4.78 is 19.7. The first-order valence-corrected chi connectivity index (χ1v) is 9.79. The molecule has 1 fully saturated rings. The number of ether oxygens (including phenoxy) is 1. The minimum Gasteiger partial charge on any atom is -0.475 e. The molecule has 0 aromatic carbocycles. The number of anilines is 1. The molecule has 0 unspecified atom stereocenters. The van der Waals surface area contributed by atoms with Crippen molar-refractivity contribution in [2.24, 2.45) is 5.92 Å². The first kappa shape index (κ1) is 16.7. The van der Waals surface area contributed by atoms with E-state index in [1.807, 2.05) is 11.3 Å². The summed E-state index contributed by atoms with van der Waals surface area (Å²) in [6.07, 6.45) is 5.66. The van der Waals surface area contributed by atoms with E-state index in [1.165, 1.54) is 28.5 Å². The molecule has 1 aliphatic heterocycles. The summed E-state index contributed by atoms with van der Waals surface area (Å²) in [5.41, 5.74) is 1.66. The van der Waals surface area contributed by atoms with Crippen molar-refractivity contribution < 1.29 is 9.13 Å². The summed E-state index contributed by atoms with van der Waals surface area (Å²) in [6.45, 7) is 5.88. The van der Waals surface area contributed by atoms with E-state index < -0.39 is 5.82 Å². The van der Waals surface area contributed by atoms with Crippen LogP contribution in [0.5, 0.6) is 5.88 Å². The summed E-state index contributed by atoms with van der Waals surface area (Å²) in [6, 6.07) is 0. The van der Waals surface area contributed by atoms with Crippen molar-refractivity contribution in [3.8, 4) is 5.88 Å². The largest absolute Gasteiger partial charge is 0.475 e. The Labute approximate surface area is 151 Å². The van der Waals surface area contributed by atoms with E-state index in [9.17, 15) is 4.39 Å². The fraction of sp³-hybridized carbons (Fsp3) is 0.611. The van der Waals surface area contributed by atoms with Gasteiger partial charge in [-0.1, -0.05) is 0 Å². The van der Waals surface area contributed by atoms with Crippen LogP contribution >= 0.6 is 11.3 Å². The third-order valence-electron chi connectivity index (χ3n) is 5.02. The lowest BCUT2D eigenvalue weighted by Crippen LogP contribution is -2.35. The van der Waals surface area contributed by atoms with E-state index in [0.29, 0.717) is 24.0 Å². The zero-order chi connectivity index (χ0) is 17.4. The van der Waals surface area contributed by atoms with E-state index in [1.54, 1.807) is 13.8 Å².